The molecule has 3 nitrogen and oxygen atoms in total. The number of hydrogen-bond acceptors (Lipinski definition) is 3. The van der Waals surface area contributed by atoms with Gasteiger partial charge in [-0.15, -0.1) is 0 Å². The third-order valence-electron chi connectivity index (χ3n) is 2.86. The Morgan fingerprint density at radius 3 is 2.63 bits per heavy atom. The minimum Gasteiger partial charge on any atom is -0.507 e. The van der Waals surface area contributed by atoms with Gasteiger partial charge >= 0.3 is 0 Å². The van der Waals surface area contributed by atoms with Crippen molar-refractivity contribution >= 4 is 0 Å². The van der Waals surface area contributed by atoms with Crippen LogP contribution in [0.25, 0.3) is 0 Å². The number of phenolic OH excluding ortho intramolecular Hbond substituents is 1. The average molecular weight is 264 g/mol. The van der Waals surface area contributed by atoms with E-state index in [4.69, 9.17) is 9.47 Å². The van der Waals surface area contributed by atoms with Gasteiger partial charge in [-0.2, -0.15) is 0 Å². The van der Waals surface area contributed by atoms with Crippen molar-refractivity contribution in [2.45, 2.75) is 40.0 Å². The molecule has 0 spiro atoms. The van der Waals surface area contributed by atoms with E-state index in [-0.39, 0.29) is 5.75 Å². The van der Waals surface area contributed by atoms with Crippen LogP contribution in [0, 0.1) is 0 Å². The number of aromatic hydroxyl groups is 1. The Bertz CT molecular complexity index is 432. The van der Waals surface area contributed by atoms with Crippen LogP contribution in [0.2, 0.25) is 0 Å². The van der Waals surface area contributed by atoms with E-state index in [0.29, 0.717) is 24.5 Å². The van der Waals surface area contributed by atoms with Gasteiger partial charge in [0.2, 0.25) is 0 Å². The Morgan fingerprint density at radius 2 is 2.05 bits per heavy atom. The van der Waals surface area contributed by atoms with Crippen LogP contribution in [0.15, 0.2) is 23.8 Å². The molecule has 0 aliphatic carbocycles. The van der Waals surface area contributed by atoms with E-state index in [1.54, 1.807) is 13.2 Å². The molecule has 1 rings (SSSR count). The quantitative estimate of drug-likeness (QED) is 0.595. The highest BCUT2D eigenvalue weighted by molar-refractivity contribution is 5.50. The summed E-state index contributed by atoms with van der Waals surface area (Å²) in [5, 5.41) is 10.1. The smallest absolute Gasteiger partial charge is 0.129 e. The molecule has 19 heavy (non-hydrogen) atoms. The van der Waals surface area contributed by atoms with Crippen molar-refractivity contribution in [2.24, 2.45) is 0 Å². The molecule has 0 unspecified atom stereocenters. The maximum absolute atomic E-state index is 10.1. The lowest BCUT2D eigenvalue weighted by molar-refractivity contribution is 0.304. The van der Waals surface area contributed by atoms with Gasteiger partial charge in [-0.05, 0) is 26.7 Å². The highest BCUT2D eigenvalue weighted by atomic mass is 16.5. The summed E-state index contributed by atoms with van der Waals surface area (Å²) in [5.41, 5.74) is 2.01. The van der Waals surface area contributed by atoms with Gasteiger partial charge in [-0.25, -0.2) is 0 Å². The summed E-state index contributed by atoms with van der Waals surface area (Å²) >= 11 is 0. The summed E-state index contributed by atoms with van der Waals surface area (Å²) < 4.78 is 10.9. The highest BCUT2D eigenvalue weighted by Gasteiger charge is 2.11. The molecule has 0 amide bonds. The summed E-state index contributed by atoms with van der Waals surface area (Å²) in [4.78, 5) is 0. The molecule has 0 aromatic heterocycles. The van der Waals surface area contributed by atoms with Crippen LogP contribution in [-0.2, 0) is 6.42 Å². The van der Waals surface area contributed by atoms with E-state index in [1.807, 2.05) is 19.9 Å². The second-order valence-electron chi connectivity index (χ2n) is 4.81. The lowest BCUT2D eigenvalue weighted by Crippen LogP contribution is -1.99. The van der Waals surface area contributed by atoms with Crippen molar-refractivity contribution < 1.29 is 14.6 Å². The first kappa shape index (κ1) is 15.4. The molecule has 0 aliphatic heterocycles. The molecule has 0 saturated carbocycles. The van der Waals surface area contributed by atoms with Crippen LogP contribution in [0.3, 0.4) is 0 Å². The molecule has 0 aliphatic rings. The van der Waals surface area contributed by atoms with Gasteiger partial charge in [-0.1, -0.05) is 25.0 Å². The van der Waals surface area contributed by atoms with Gasteiger partial charge in [0.15, 0.2) is 0 Å². The van der Waals surface area contributed by atoms with Crippen LogP contribution < -0.4 is 9.47 Å². The minimum absolute atomic E-state index is 0.225. The molecule has 3 heteroatoms. The zero-order chi connectivity index (χ0) is 14.3. The first-order chi connectivity index (χ1) is 9.08. The largest absolute Gasteiger partial charge is 0.507 e. The van der Waals surface area contributed by atoms with Gasteiger partial charge in [0.05, 0.1) is 13.7 Å². The molecule has 0 radical (unpaired) electrons. The molecule has 1 aromatic carbocycles. The summed E-state index contributed by atoms with van der Waals surface area (Å²) in [5.74, 6) is 1.55. The van der Waals surface area contributed by atoms with Crippen LogP contribution in [0.5, 0.6) is 17.2 Å². The van der Waals surface area contributed by atoms with Crippen LogP contribution >= 0.6 is 0 Å². The summed E-state index contributed by atoms with van der Waals surface area (Å²) in [6, 6.07) is 3.50. The molecule has 0 fully saturated rings. The molecule has 1 N–H and O–H groups in total. The summed E-state index contributed by atoms with van der Waals surface area (Å²) in [6.45, 7) is 6.84. The molecule has 0 saturated heterocycles. The monoisotopic (exact) mass is 264 g/mol. The Morgan fingerprint density at radius 1 is 1.32 bits per heavy atom. The third-order valence-corrected chi connectivity index (χ3v) is 2.86. The van der Waals surface area contributed by atoms with E-state index in [0.717, 1.165) is 18.4 Å². The normalized spacial score (nSPS) is 10.1. The van der Waals surface area contributed by atoms with Crippen molar-refractivity contribution in [3.8, 4) is 17.2 Å². The number of methoxy groups -OCH3 is 1. The van der Waals surface area contributed by atoms with Crippen molar-refractivity contribution in [1.29, 1.82) is 0 Å². The average Bonchev–Trinajstić information content (AvgIpc) is 2.37. The second-order valence-corrected chi connectivity index (χ2v) is 4.81. The fraction of sp³-hybridized carbons (Fsp3) is 0.500. The molecule has 106 valence electrons. The maximum Gasteiger partial charge on any atom is 0.129 e. The topological polar surface area (TPSA) is 38.7 Å². The zero-order valence-corrected chi connectivity index (χ0v) is 12.3. The number of ether oxygens (including phenoxy) is 2. The van der Waals surface area contributed by atoms with Crippen LogP contribution in [0.4, 0.5) is 0 Å². The summed E-state index contributed by atoms with van der Waals surface area (Å²) in [7, 11) is 1.61. The van der Waals surface area contributed by atoms with E-state index in [9.17, 15) is 5.11 Å². The molecule has 0 heterocycles. The SMILES string of the molecule is CCCCOc1cc(O)c(CC=C(C)C)c(OC)c1. The highest BCUT2D eigenvalue weighted by Crippen LogP contribution is 2.34. The second kappa shape index (κ2) is 7.72. The number of hydrogen-bond donors (Lipinski definition) is 1. The number of unbranched alkanes of at least 4 members (excludes halogenated alkanes) is 1. The van der Waals surface area contributed by atoms with Gasteiger partial charge in [-0.3, -0.25) is 0 Å². The van der Waals surface area contributed by atoms with Gasteiger partial charge in [0.25, 0.3) is 0 Å². The van der Waals surface area contributed by atoms with Crippen molar-refractivity contribution in [2.75, 3.05) is 13.7 Å². The summed E-state index contributed by atoms with van der Waals surface area (Å²) in [6.07, 6.45) is 4.81. The van der Waals surface area contributed by atoms with Crippen molar-refractivity contribution in [3.05, 3.63) is 29.3 Å². The van der Waals surface area contributed by atoms with Gasteiger partial charge < -0.3 is 14.6 Å². The minimum atomic E-state index is 0.225. The van der Waals surface area contributed by atoms with E-state index in [1.165, 1.54) is 5.57 Å². The molecule has 1 aromatic rings. The standard InChI is InChI=1S/C16H24O3/c1-5-6-9-19-13-10-15(17)14(8-7-12(2)3)16(11-13)18-4/h7,10-11,17H,5-6,8-9H2,1-4H3. The molecular formula is C16H24O3. The van der Waals surface area contributed by atoms with Crippen LogP contribution in [-0.4, -0.2) is 18.8 Å². The van der Waals surface area contributed by atoms with Crippen molar-refractivity contribution in [3.63, 3.8) is 0 Å². The zero-order valence-electron chi connectivity index (χ0n) is 12.3. The van der Waals surface area contributed by atoms with E-state index < -0.39 is 0 Å². The first-order valence-electron chi connectivity index (χ1n) is 6.74. The van der Waals surface area contributed by atoms with Crippen LogP contribution in [0.1, 0.15) is 39.2 Å². The van der Waals surface area contributed by atoms with Crippen molar-refractivity contribution in [1.82, 2.24) is 0 Å². The number of rotatable bonds is 7. The lowest BCUT2D eigenvalue weighted by Gasteiger charge is -2.13. The van der Waals surface area contributed by atoms with E-state index >= 15 is 0 Å². The fourth-order valence-corrected chi connectivity index (χ4v) is 1.72. The molecular weight excluding hydrogens is 240 g/mol. The Hall–Kier alpha value is -1.64. The number of phenols is 1. The third kappa shape index (κ3) is 4.86. The predicted octanol–water partition coefficient (Wildman–Crippen LogP) is 4.09. The van der Waals surface area contributed by atoms with Gasteiger partial charge in [0.1, 0.15) is 17.2 Å². The van der Waals surface area contributed by atoms with E-state index in [2.05, 4.69) is 13.0 Å². The predicted molar refractivity (Wildman–Crippen MR) is 78.2 cm³/mol. The molecule has 0 atom stereocenters. The Kier molecular flexibility index (Phi) is 6.26. The number of allylic oxidation sites excluding steroid dienone is 2. The Labute approximate surface area is 115 Å². The molecule has 0 bridgehead atoms. The maximum atomic E-state index is 10.1. The Balaban J connectivity index is 2.91. The first-order valence-corrected chi connectivity index (χ1v) is 6.74. The number of benzene rings is 1. The van der Waals surface area contributed by atoms with Gasteiger partial charge in [0, 0.05) is 17.7 Å². The fourth-order valence-electron chi connectivity index (χ4n) is 1.72. The lowest BCUT2D eigenvalue weighted by atomic mass is 10.1.